The lowest BCUT2D eigenvalue weighted by atomic mass is 9.99. The van der Waals surface area contributed by atoms with Crippen molar-refractivity contribution >= 4 is 75.4 Å². The molecule has 0 aromatic carbocycles. The Bertz CT molecular complexity index is 1630. The summed E-state index contributed by atoms with van der Waals surface area (Å²) in [6.45, 7) is 2.31. The Hall–Kier alpha value is -3.99. The minimum absolute atomic E-state index is 0.00331. The Balaban J connectivity index is 1.33. The van der Waals surface area contributed by atoms with Gasteiger partial charge in [0.15, 0.2) is 29.8 Å². The summed E-state index contributed by atoms with van der Waals surface area (Å²) in [6, 6.07) is 0.906. The molecule has 232 valence electrons. The van der Waals surface area contributed by atoms with Crippen LogP contribution < -0.4 is 26.0 Å². The summed E-state index contributed by atoms with van der Waals surface area (Å²) in [4.78, 5) is 60.0. The van der Waals surface area contributed by atoms with E-state index in [1.165, 1.54) is 24.2 Å². The van der Waals surface area contributed by atoms with Crippen LogP contribution in [-0.2, 0) is 30.6 Å². The van der Waals surface area contributed by atoms with E-state index in [1.54, 1.807) is 0 Å². The summed E-state index contributed by atoms with van der Waals surface area (Å²) in [7, 11) is 1.91. The molecular weight excluding hydrogens is 634 g/mol. The maximum Gasteiger partial charge on any atom is 0.347 e. The van der Waals surface area contributed by atoms with Crippen molar-refractivity contribution in [2.45, 2.75) is 43.3 Å². The second-order valence-corrected chi connectivity index (χ2v) is 12.9. The Morgan fingerprint density at radius 3 is 2.84 bits per heavy atom. The van der Waals surface area contributed by atoms with Gasteiger partial charge < -0.3 is 36.2 Å². The molecule has 2 aromatic heterocycles. The zero-order chi connectivity index (χ0) is 31.7. The molecule has 3 aliphatic rings. The number of nitrogens with one attached hydrogen (secondary N) is 2. The summed E-state index contributed by atoms with van der Waals surface area (Å²) in [6.07, 6.45) is 7.60. The van der Waals surface area contributed by atoms with Gasteiger partial charge in [0.25, 0.3) is 11.8 Å². The molecule has 2 amide bonds. The van der Waals surface area contributed by atoms with Gasteiger partial charge in [-0.3, -0.25) is 14.5 Å². The van der Waals surface area contributed by atoms with Crippen molar-refractivity contribution in [3.05, 3.63) is 57.0 Å². The molecule has 5 N–H and O–H groups in total. The second kappa shape index (κ2) is 12.9. The number of anilines is 1. The zero-order valence-corrected chi connectivity index (χ0v) is 25.9. The first-order valence-corrected chi connectivity index (χ1v) is 15.7. The number of nitrogen functional groups attached to an aromatic ring is 1. The third-order valence-corrected chi connectivity index (χ3v) is 9.71. The molecular formula is C27H28ClN7O7S2. The molecule has 4 heterocycles. The molecule has 1 saturated heterocycles. The van der Waals surface area contributed by atoms with Crippen molar-refractivity contribution < 1.29 is 38.8 Å². The highest BCUT2D eigenvalue weighted by atomic mass is 35.5. The summed E-state index contributed by atoms with van der Waals surface area (Å²) in [5, 5.41) is 30.0. The van der Waals surface area contributed by atoms with E-state index in [4.69, 9.17) is 27.3 Å². The molecule has 2 unspecified atom stereocenters. The summed E-state index contributed by atoms with van der Waals surface area (Å²) >= 11 is 8.30. The second-order valence-electron chi connectivity index (χ2n) is 10.2. The molecule has 0 saturated carbocycles. The van der Waals surface area contributed by atoms with Gasteiger partial charge in [-0.15, -0.1) is 11.8 Å². The number of amides is 2. The first-order valence-electron chi connectivity index (χ1n) is 13.4. The Morgan fingerprint density at radius 2 is 2.18 bits per heavy atom. The monoisotopic (exact) mass is 661 g/mol. The maximum atomic E-state index is 13.3. The highest BCUT2D eigenvalue weighted by Gasteiger charge is 2.53. The van der Waals surface area contributed by atoms with Crippen molar-refractivity contribution in [1.29, 1.82) is 0 Å². The van der Waals surface area contributed by atoms with Crippen molar-refractivity contribution in [3.8, 4) is 0 Å². The molecule has 5 rings (SSSR count). The van der Waals surface area contributed by atoms with E-state index < -0.39 is 47.0 Å². The van der Waals surface area contributed by atoms with Crippen molar-refractivity contribution in [2.24, 2.45) is 5.16 Å². The number of allylic oxidation sites excluding steroid dienone is 1. The van der Waals surface area contributed by atoms with E-state index in [0.29, 0.717) is 11.5 Å². The molecule has 1 aliphatic carbocycles. The molecule has 0 radical (unpaired) electrons. The van der Waals surface area contributed by atoms with Crippen molar-refractivity contribution in [3.63, 3.8) is 0 Å². The van der Waals surface area contributed by atoms with Gasteiger partial charge in [-0.1, -0.05) is 40.2 Å². The highest BCUT2D eigenvalue weighted by molar-refractivity contribution is 8.00. The number of aliphatic carboxylic acids is 2. The third kappa shape index (κ3) is 6.15. The number of carboxylic acid groups (broad SMARTS) is 2. The predicted octanol–water partition coefficient (Wildman–Crippen LogP) is -0.316. The average Bonchev–Trinajstić information content (AvgIpc) is 3.55. The molecule has 0 bridgehead atoms. The first-order chi connectivity index (χ1) is 21.0. The molecule has 14 nitrogen and oxygen atoms in total. The molecule has 4 atom stereocenters. The zero-order valence-electron chi connectivity index (χ0n) is 23.5. The van der Waals surface area contributed by atoms with Gasteiger partial charge >= 0.3 is 5.97 Å². The van der Waals surface area contributed by atoms with Crippen LogP contribution in [0.5, 0.6) is 0 Å². The number of thiazole rings is 1. The van der Waals surface area contributed by atoms with Crippen LogP contribution in [0, 0.1) is 0 Å². The van der Waals surface area contributed by atoms with E-state index in [-0.39, 0.29) is 33.2 Å². The standard InChI is InChI=1S/C27H28ClN7O7S2/c1-12(25(38)39)42-33-18(17-21(28)44-27(29)32-17)22(36)31-19-23(37)35-20(26(40)41)15(11-43-24(19)35)10-34-8-6-16-13(5-7-30-2)3-4-14(16)9-34/h3-4,6,8-9,12-13,19,24,30H,5,7,10-11H2,1-2H3,(H4-,29,31,32,36,38,39,40,41)/b33-18-/t12-,13?,19?,24+/m0/s1. The van der Waals surface area contributed by atoms with Crippen molar-refractivity contribution in [1.82, 2.24) is 20.5 Å². The first kappa shape index (κ1) is 31.4. The van der Waals surface area contributed by atoms with Crippen LogP contribution in [0.15, 0.2) is 41.0 Å². The number of hydrogen-bond donors (Lipinski definition) is 4. The van der Waals surface area contributed by atoms with Crippen molar-refractivity contribution in [2.75, 3.05) is 25.1 Å². The van der Waals surface area contributed by atoms with Gasteiger partial charge in [0, 0.05) is 28.9 Å². The SMILES string of the molecule is CNCCC1C=Cc2c[n+](CC3=C(C(=O)[O-])N4C(=O)C(NC(=O)/C(=N\O[C@@H](C)C(=O)O)c5nc(N)sc5Cl)[C@H]4SC3)ccc21. The van der Waals surface area contributed by atoms with E-state index in [1.807, 2.05) is 30.1 Å². The molecule has 2 aliphatic heterocycles. The summed E-state index contributed by atoms with van der Waals surface area (Å²) in [5.74, 6) is -3.86. The number of oxime groups is 1. The normalized spacial score (nSPS) is 21.4. The number of carboxylic acids is 2. The molecule has 1 fully saturated rings. The van der Waals surface area contributed by atoms with Crippen LogP contribution in [0.3, 0.4) is 0 Å². The number of halogens is 1. The van der Waals surface area contributed by atoms with Gasteiger partial charge in [0.1, 0.15) is 21.4 Å². The van der Waals surface area contributed by atoms with E-state index in [2.05, 4.69) is 32.9 Å². The number of carbonyl (C=O) groups is 4. The fraction of sp³-hybridized carbons (Fsp3) is 0.370. The minimum atomic E-state index is -1.50. The Kier molecular flexibility index (Phi) is 9.24. The fourth-order valence-corrected chi connectivity index (χ4v) is 7.34. The number of nitrogens with two attached hydrogens (primary N) is 1. The lowest BCUT2D eigenvalue weighted by molar-refractivity contribution is -0.689. The Morgan fingerprint density at radius 1 is 1.41 bits per heavy atom. The smallest absolute Gasteiger partial charge is 0.347 e. The highest BCUT2D eigenvalue weighted by Crippen LogP contribution is 2.40. The third-order valence-electron chi connectivity index (χ3n) is 7.29. The molecule has 44 heavy (non-hydrogen) atoms. The van der Waals surface area contributed by atoms with Crippen LogP contribution >= 0.6 is 34.7 Å². The molecule has 17 heteroatoms. The number of pyridine rings is 1. The largest absolute Gasteiger partial charge is 0.543 e. The number of thioether (sulfide) groups is 1. The number of rotatable bonds is 12. The summed E-state index contributed by atoms with van der Waals surface area (Å²) < 4.78 is 1.87. The summed E-state index contributed by atoms with van der Waals surface area (Å²) in [5.41, 5.74) is 7.56. The lowest BCUT2D eigenvalue weighted by Gasteiger charge is -2.50. The van der Waals surface area contributed by atoms with Gasteiger partial charge in [-0.2, -0.15) is 0 Å². The number of nitrogens with zero attached hydrogens (tertiary/aromatic N) is 4. The lowest BCUT2D eigenvalue weighted by Crippen LogP contribution is -2.71. The van der Waals surface area contributed by atoms with Gasteiger partial charge in [0.05, 0.1) is 11.7 Å². The number of β-lactam (4-membered cyclic amide) rings is 1. The van der Waals surface area contributed by atoms with Gasteiger partial charge in [-0.25, -0.2) is 14.3 Å². The minimum Gasteiger partial charge on any atom is -0.543 e. The topological polar surface area (TPSA) is 203 Å². The number of aromatic nitrogens is 2. The van der Waals surface area contributed by atoms with Crippen LogP contribution in [-0.4, -0.2) is 81.3 Å². The average molecular weight is 662 g/mol. The van der Waals surface area contributed by atoms with Crippen LogP contribution in [0.25, 0.3) is 6.08 Å². The number of hydrogen-bond acceptors (Lipinski definition) is 12. The van der Waals surface area contributed by atoms with Crippen LogP contribution in [0.4, 0.5) is 5.13 Å². The van der Waals surface area contributed by atoms with E-state index >= 15 is 0 Å². The fourth-order valence-electron chi connectivity index (χ4n) is 5.07. The van der Waals surface area contributed by atoms with Crippen LogP contribution in [0.1, 0.15) is 36.1 Å². The Labute approximate surface area is 264 Å². The van der Waals surface area contributed by atoms with E-state index in [9.17, 15) is 24.3 Å². The molecule has 0 spiro atoms. The quantitative estimate of drug-likeness (QED) is 0.100. The van der Waals surface area contributed by atoms with Gasteiger partial charge in [-0.05, 0) is 32.5 Å². The van der Waals surface area contributed by atoms with E-state index in [0.717, 1.165) is 34.8 Å². The number of fused-ring (bicyclic) bond motifs is 2. The van der Waals surface area contributed by atoms with Gasteiger partial charge in [0.2, 0.25) is 6.10 Å². The van der Waals surface area contributed by atoms with Crippen LogP contribution in [0.2, 0.25) is 4.34 Å². The molecule has 2 aromatic rings. The maximum absolute atomic E-state index is 13.3. The number of carbonyl (C=O) groups excluding carboxylic acids is 3. The predicted molar refractivity (Wildman–Crippen MR) is 160 cm³/mol.